The lowest BCUT2D eigenvalue weighted by atomic mass is 9.85. The van der Waals surface area contributed by atoms with E-state index in [9.17, 15) is 18.3 Å². The standard InChI is InChI=1S/C14H17F3N2O/c1-12(2,13(3,4)20)19-11-6-5-10(14(15,16)17)7-9(11)8-18/h5-7,19-20H,1-4H3. The van der Waals surface area contributed by atoms with Gasteiger partial charge in [-0.2, -0.15) is 18.4 Å². The molecule has 0 radical (unpaired) electrons. The van der Waals surface area contributed by atoms with Crippen LogP contribution in [0.25, 0.3) is 0 Å². The van der Waals surface area contributed by atoms with E-state index in [1.165, 1.54) is 6.07 Å². The number of anilines is 1. The van der Waals surface area contributed by atoms with Crippen LogP contribution in [-0.2, 0) is 6.18 Å². The fourth-order valence-electron chi connectivity index (χ4n) is 1.41. The summed E-state index contributed by atoms with van der Waals surface area (Å²) in [6.45, 7) is 6.56. The van der Waals surface area contributed by atoms with Crippen molar-refractivity contribution in [3.05, 3.63) is 29.3 Å². The minimum absolute atomic E-state index is 0.114. The van der Waals surface area contributed by atoms with Crippen molar-refractivity contribution in [3.63, 3.8) is 0 Å². The van der Waals surface area contributed by atoms with E-state index in [1.54, 1.807) is 33.8 Å². The number of halogens is 3. The summed E-state index contributed by atoms with van der Waals surface area (Å²) in [6, 6.07) is 4.64. The monoisotopic (exact) mass is 286 g/mol. The number of nitrogens with zero attached hydrogens (tertiary/aromatic N) is 1. The molecule has 110 valence electrons. The number of hydrogen-bond acceptors (Lipinski definition) is 3. The van der Waals surface area contributed by atoms with Crippen molar-refractivity contribution >= 4 is 5.69 Å². The van der Waals surface area contributed by atoms with Crippen LogP contribution in [0, 0.1) is 11.3 Å². The number of benzene rings is 1. The molecule has 20 heavy (non-hydrogen) atoms. The first-order chi connectivity index (χ1) is 8.88. The number of nitriles is 1. The molecule has 0 heterocycles. The third-order valence-corrected chi connectivity index (χ3v) is 3.44. The van der Waals surface area contributed by atoms with Gasteiger partial charge in [0.05, 0.1) is 28.0 Å². The molecule has 6 heteroatoms. The summed E-state index contributed by atoms with van der Waals surface area (Å²) in [5.41, 5.74) is -2.67. The highest BCUT2D eigenvalue weighted by molar-refractivity contribution is 5.60. The zero-order valence-electron chi connectivity index (χ0n) is 11.8. The largest absolute Gasteiger partial charge is 0.416 e. The molecule has 0 unspecified atom stereocenters. The number of alkyl halides is 3. The van der Waals surface area contributed by atoms with Crippen LogP contribution >= 0.6 is 0 Å². The molecule has 2 N–H and O–H groups in total. The molecule has 0 atom stereocenters. The summed E-state index contributed by atoms with van der Waals surface area (Å²) in [7, 11) is 0. The molecule has 0 bridgehead atoms. The summed E-state index contributed by atoms with van der Waals surface area (Å²) in [6.07, 6.45) is -4.49. The molecule has 1 rings (SSSR count). The van der Waals surface area contributed by atoms with Crippen molar-refractivity contribution in [1.29, 1.82) is 5.26 Å². The van der Waals surface area contributed by atoms with Crippen LogP contribution in [0.5, 0.6) is 0 Å². The van der Waals surface area contributed by atoms with Crippen molar-refractivity contribution < 1.29 is 18.3 Å². The van der Waals surface area contributed by atoms with E-state index < -0.39 is 22.9 Å². The van der Waals surface area contributed by atoms with E-state index >= 15 is 0 Å². The van der Waals surface area contributed by atoms with Crippen LogP contribution in [0.4, 0.5) is 18.9 Å². The first kappa shape index (κ1) is 16.3. The van der Waals surface area contributed by atoms with Gasteiger partial charge < -0.3 is 10.4 Å². The number of aliphatic hydroxyl groups is 1. The van der Waals surface area contributed by atoms with Gasteiger partial charge in [0.2, 0.25) is 0 Å². The van der Waals surface area contributed by atoms with Gasteiger partial charge in [0, 0.05) is 0 Å². The molecule has 0 aliphatic heterocycles. The fraction of sp³-hybridized carbons (Fsp3) is 0.500. The Morgan fingerprint density at radius 2 is 1.70 bits per heavy atom. The highest BCUT2D eigenvalue weighted by Crippen LogP contribution is 2.33. The molecule has 0 saturated carbocycles. The lowest BCUT2D eigenvalue weighted by Crippen LogP contribution is -2.51. The van der Waals surface area contributed by atoms with E-state index in [0.29, 0.717) is 0 Å². The molecule has 0 aliphatic rings. The molecule has 0 spiro atoms. The summed E-state index contributed by atoms with van der Waals surface area (Å²) >= 11 is 0. The Morgan fingerprint density at radius 3 is 2.10 bits per heavy atom. The van der Waals surface area contributed by atoms with Gasteiger partial charge >= 0.3 is 6.18 Å². The van der Waals surface area contributed by atoms with Crippen molar-refractivity contribution in [2.24, 2.45) is 0 Å². The quantitative estimate of drug-likeness (QED) is 0.893. The zero-order chi connectivity index (χ0) is 15.8. The van der Waals surface area contributed by atoms with Crippen molar-refractivity contribution in [1.82, 2.24) is 0 Å². The average molecular weight is 286 g/mol. The smallest absolute Gasteiger partial charge is 0.388 e. The maximum Gasteiger partial charge on any atom is 0.416 e. The van der Waals surface area contributed by atoms with E-state index in [-0.39, 0.29) is 11.3 Å². The maximum atomic E-state index is 12.6. The van der Waals surface area contributed by atoms with E-state index in [0.717, 1.165) is 12.1 Å². The molecule has 1 aromatic carbocycles. The number of nitrogens with one attached hydrogen (secondary N) is 1. The predicted octanol–water partition coefficient (Wildman–Crippen LogP) is 3.54. The van der Waals surface area contributed by atoms with Crippen LogP contribution < -0.4 is 5.32 Å². The Bertz CT molecular complexity index is 537. The summed E-state index contributed by atoms with van der Waals surface area (Å²) in [5.74, 6) is 0. The van der Waals surface area contributed by atoms with Gasteiger partial charge in [0.15, 0.2) is 0 Å². The van der Waals surface area contributed by atoms with Gasteiger partial charge in [0.25, 0.3) is 0 Å². The normalized spacial score (nSPS) is 12.9. The Kier molecular flexibility index (Phi) is 4.07. The first-order valence-electron chi connectivity index (χ1n) is 6.00. The molecular formula is C14H17F3N2O. The number of hydrogen-bond donors (Lipinski definition) is 2. The molecular weight excluding hydrogens is 269 g/mol. The Labute approximate surface area is 116 Å². The lowest BCUT2D eigenvalue weighted by molar-refractivity contribution is -0.137. The third-order valence-electron chi connectivity index (χ3n) is 3.44. The second kappa shape index (κ2) is 4.98. The molecule has 3 nitrogen and oxygen atoms in total. The molecule has 0 fully saturated rings. The van der Waals surface area contributed by atoms with Gasteiger partial charge in [-0.1, -0.05) is 0 Å². The average Bonchev–Trinajstić information content (AvgIpc) is 2.26. The van der Waals surface area contributed by atoms with Crippen LogP contribution in [-0.4, -0.2) is 16.2 Å². The first-order valence-corrected chi connectivity index (χ1v) is 6.00. The van der Waals surface area contributed by atoms with Gasteiger partial charge in [-0.25, -0.2) is 0 Å². The SMILES string of the molecule is CC(C)(O)C(C)(C)Nc1ccc(C(F)(F)F)cc1C#N. The molecule has 0 aromatic heterocycles. The predicted molar refractivity (Wildman–Crippen MR) is 70.2 cm³/mol. The summed E-state index contributed by atoms with van der Waals surface area (Å²) in [5, 5.41) is 21.9. The second-order valence-electron chi connectivity index (χ2n) is 5.68. The van der Waals surface area contributed by atoms with Crippen molar-refractivity contribution in [2.75, 3.05) is 5.32 Å². The van der Waals surface area contributed by atoms with Crippen LogP contribution in [0.2, 0.25) is 0 Å². The molecule has 0 aliphatic carbocycles. The lowest BCUT2D eigenvalue weighted by Gasteiger charge is -2.39. The molecule has 0 amide bonds. The summed E-state index contributed by atoms with van der Waals surface area (Å²) < 4.78 is 37.8. The van der Waals surface area contributed by atoms with Crippen molar-refractivity contribution in [2.45, 2.75) is 45.0 Å². The van der Waals surface area contributed by atoms with Gasteiger partial charge in [-0.3, -0.25) is 0 Å². The second-order valence-corrected chi connectivity index (χ2v) is 5.68. The zero-order valence-corrected chi connectivity index (χ0v) is 11.8. The van der Waals surface area contributed by atoms with Crippen LogP contribution in [0.1, 0.15) is 38.8 Å². The Morgan fingerprint density at radius 1 is 1.15 bits per heavy atom. The number of rotatable bonds is 3. The Balaban J connectivity index is 3.20. The maximum absolute atomic E-state index is 12.6. The highest BCUT2D eigenvalue weighted by atomic mass is 19.4. The van der Waals surface area contributed by atoms with E-state index in [1.807, 2.05) is 0 Å². The van der Waals surface area contributed by atoms with Gasteiger partial charge in [0.1, 0.15) is 6.07 Å². The third kappa shape index (κ3) is 3.42. The highest BCUT2D eigenvalue weighted by Gasteiger charge is 2.36. The minimum atomic E-state index is -4.49. The van der Waals surface area contributed by atoms with E-state index in [2.05, 4.69) is 5.32 Å². The summed E-state index contributed by atoms with van der Waals surface area (Å²) in [4.78, 5) is 0. The topological polar surface area (TPSA) is 56.0 Å². The minimum Gasteiger partial charge on any atom is -0.388 e. The van der Waals surface area contributed by atoms with Gasteiger partial charge in [-0.15, -0.1) is 0 Å². The Hall–Kier alpha value is -1.74. The van der Waals surface area contributed by atoms with E-state index in [4.69, 9.17) is 5.26 Å². The molecule has 0 saturated heterocycles. The fourth-order valence-corrected chi connectivity index (χ4v) is 1.41. The van der Waals surface area contributed by atoms with Crippen LogP contribution in [0.3, 0.4) is 0 Å². The molecule has 1 aromatic rings. The van der Waals surface area contributed by atoms with Crippen LogP contribution in [0.15, 0.2) is 18.2 Å². The van der Waals surface area contributed by atoms with Crippen molar-refractivity contribution in [3.8, 4) is 6.07 Å². The van der Waals surface area contributed by atoms with Gasteiger partial charge in [-0.05, 0) is 45.9 Å².